The van der Waals surface area contributed by atoms with Gasteiger partial charge in [-0.1, -0.05) is 59.3 Å². The van der Waals surface area contributed by atoms with Crippen molar-refractivity contribution in [2.75, 3.05) is 18.9 Å². The van der Waals surface area contributed by atoms with Crippen molar-refractivity contribution in [2.24, 2.45) is 0 Å². The summed E-state index contributed by atoms with van der Waals surface area (Å²) in [6.45, 7) is 5.21. The van der Waals surface area contributed by atoms with Crippen molar-refractivity contribution in [2.45, 2.75) is 26.8 Å². The van der Waals surface area contributed by atoms with Gasteiger partial charge in [0.1, 0.15) is 0 Å². The summed E-state index contributed by atoms with van der Waals surface area (Å²) >= 11 is 3.55. The third kappa shape index (κ3) is 4.91. The van der Waals surface area contributed by atoms with Gasteiger partial charge in [0, 0.05) is 16.7 Å². The summed E-state index contributed by atoms with van der Waals surface area (Å²) < 4.78 is 1.07. The minimum atomic E-state index is 0.0172. The van der Waals surface area contributed by atoms with Gasteiger partial charge in [-0.15, -0.1) is 0 Å². The molecule has 2 aromatic rings. The lowest BCUT2D eigenvalue weighted by Gasteiger charge is -2.19. The third-order valence-corrected chi connectivity index (χ3v) is 4.59. The molecule has 0 unspecified atom stereocenters. The molecule has 4 heteroatoms. The Morgan fingerprint density at radius 1 is 1.13 bits per heavy atom. The van der Waals surface area contributed by atoms with Crippen LogP contribution >= 0.6 is 15.9 Å². The summed E-state index contributed by atoms with van der Waals surface area (Å²) in [6.07, 6.45) is 0.907. The van der Waals surface area contributed by atoms with Gasteiger partial charge >= 0.3 is 0 Å². The van der Waals surface area contributed by atoms with E-state index in [9.17, 15) is 4.79 Å². The van der Waals surface area contributed by atoms with Gasteiger partial charge in [0.05, 0.1) is 6.54 Å². The topological polar surface area (TPSA) is 32.3 Å². The largest absolute Gasteiger partial charge is 0.324 e. The van der Waals surface area contributed by atoms with Gasteiger partial charge in [0.15, 0.2) is 0 Å². The zero-order chi connectivity index (χ0) is 16.8. The number of carbonyl (C=O) groups excluding carboxylic acids is 1. The normalized spacial score (nSPS) is 10.8. The fourth-order valence-electron chi connectivity index (χ4n) is 2.60. The summed E-state index contributed by atoms with van der Waals surface area (Å²) in [5, 5.41) is 3.07. The molecule has 0 aliphatic rings. The van der Waals surface area contributed by atoms with E-state index < -0.39 is 0 Å². The number of amides is 1. The van der Waals surface area contributed by atoms with Crippen LogP contribution in [0, 0.1) is 6.92 Å². The molecule has 23 heavy (non-hydrogen) atoms. The zero-order valence-electron chi connectivity index (χ0n) is 13.9. The van der Waals surface area contributed by atoms with Crippen molar-refractivity contribution in [1.29, 1.82) is 0 Å². The number of benzene rings is 2. The average molecular weight is 375 g/mol. The van der Waals surface area contributed by atoms with Crippen LogP contribution in [0.4, 0.5) is 5.69 Å². The smallest absolute Gasteiger partial charge is 0.238 e. The second kappa shape index (κ2) is 8.27. The molecule has 0 fully saturated rings. The molecule has 0 aliphatic carbocycles. The lowest BCUT2D eigenvalue weighted by Crippen LogP contribution is -2.30. The van der Waals surface area contributed by atoms with E-state index in [2.05, 4.69) is 40.3 Å². The van der Waals surface area contributed by atoms with E-state index in [1.54, 1.807) is 0 Å². The number of rotatable bonds is 6. The summed E-state index contributed by atoms with van der Waals surface area (Å²) in [4.78, 5) is 14.4. The number of hydrogen-bond acceptors (Lipinski definition) is 2. The zero-order valence-corrected chi connectivity index (χ0v) is 15.5. The lowest BCUT2D eigenvalue weighted by molar-refractivity contribution is -0.117. The van der Waals surface area contributed by atoms with E-state index in [0.717, 1.165) is 28.7 Å². The van der Waals surface area contributed by atoms with Crippen LogP contribution in [0.15, 0.2) is 46.9 Å². The summed E-state index contributed by atoms with van der Waals surface area (Å²) in [5.74, 6) is 0.0172. The number of hydrogen-bond donors (Lipinski definition) is 1. The van der Waals surface area contributed by atoms with Crippen LogP contribution in [0.5, 0.6) is 0 Å². The number of halogens is 1. The van der Waals surface area contributed by atoms with E-state index in [0.29, 0.717) is 6.54 Å². The Balaban J connectivity index is 1.99. The van der Waals surface area contributed by atoms with Gasteiger partial charge in [-0.05, 0) is 43.1 Å². The highest BCUT2D eigenvalue weighted by Gasteiger charge is 2.12. The van der Waals surface area contributed by atoms with Gasteiger partial charge in [-0.25, -0.2) is 0 Å². The highest BCUT2D eigenvalue weighted by Crippen LogP contribution is 2.21. The standard InChI is InChI=1S/C19H23BrN2O/c1-4-15-10-7-8-14(2)19(15)21-18(23)13-22(3)12-16-9-5-6-11-17(16)20/h5-11H,4,12-13H2,1-3H3,(H,21,23). The molecule has 1 N–H and O–H groups in total. The number of anilines is 1. The van der Waals surface area contributed by atoms with Crippen molar-refractivity contribution >= 4 is 27.5 Å². The number of nitrogens with one attached hydrogen (secondary N) is 1. The minimum absolute atomic E-state index is 0.0172. The molecule has 0 atom stereocenters. The monoisotopic (exact) mass is 374 g/mol. The van der Waals surface area contributed by atoms with Crippen LogP contribution in [-0.4, -0.2) is 24.4 Å². The maximum atomic E-state index is 12.4. The predicted octanol–water partition coefficient (Wildman–Crippen LogP) is 4.39. The number of carbonyl (C=O) groups is 1. The van der Waals surface area contributed by atoms with Crippen LogP contribution in [0.25, 0.3) is 0 Å². The minimum Gasteiger partial charge on any atom is -0.324 e. The fourth-order valence-corrected chi connectivity index (χ4v) is 3.01. The molecule has 2 aromatic carbocycles. The molecular weight excluding hydrogens is 352 g/mol. The first-order chi connectivity index (χ1) is 11.0. The van der Waals surface area contributed by atoms with Crippen LogP contribution in [0.1, 0.15) is 23.6 Å². The molecule has 0 spiro atoms. The Kier molecular flexibility index (Phi) is 6.37. The van der Waals surface area contributed by atoms with E-state index >= 15 is 0 Å². The Bertz CT molecular complexity index is 685. The summed E-state index contributed by atoms with van der Waals surface area (Å²) in [6, 6.07) is 14.2. The molecule has 0 saturated carbocycles. The van der Waals surface area contributed by atoms with Gasteiger partial charge in [0.2, 0.25) is 5.91 Å². The van der Waals surface area contributed by atoms with Gasteiger partial charge in [0.25, 0.3) is 0 Å². The maximum Gasteiger partial charge on any atom is 0.238 e. The number of aryl methyl sites for hydroxylation is 2. The average Bonchev–Trinajstić information content (AvgIpc) is 2.51. The molecule has 0 aromatic heterocycles. The van der Waals surface area contributed by atoms with E-state index in [1.807, 2.05) is 49.2 Å². The first kappa shape index (κ1) is 17.7. The molecule has 1 amide bonds. The van der Waals surface area contributed by atoms with Gasteiger partial charge in [-0.2, -0.15) is 0 Å². The van der Waals surface area contributed by atoms with Crippen LogP contribution in [0.2, 0.25) is 0 Å². The maximum absolute atomic E-state index is 12.4. The molecule has 0 heterocycles. The van der Waals surface area contributed by atoms with Crippen LogP contribution < -0.4 is 5.32 Å². The van der Waals surface area contributed by atoms with Crippen molar-refractivity contribution in [1.82, 2.24) is 4.90 Å². The molecule has 0 radical (unpaired) electrons. The molecule has 0 aliphatic heterocycles. The third-order valence-electron chi connectivity index (χ3n) is 3.82. The quantitative estimate of drug-likeness (QED) is 0.812. The van der Waals surface area contributed by atoms with Crippen molar-refractivity contribution in [3.8, 4) is 0 Å². The first-order valence-electron chi connectivity index (χ1n) is 7.81. The van der Waals surface area contributed by atoms with Crippen LogP contribution in [-0.2, 0) is 17.8 Å². The molecular formula is C19H23BrN2O. The van der Waals surface area contributed by atoms with Crippen molar-refractivity contribution < 1.29 is 4.79 Å². The van der Waals surface area contributed by atoms with Crippen LogP contribution in [0.3, 0.4) is 0 Å². The highest BCUT2D eigenvalue weighted by atomic mass is 79.9. The SMILES string of the molecule is CCc1cccc(C)c1NC(=O)CN(C)Cc1ccccc1Br. The molecule has 122 valence electrons. The van der Waals surface area contributed by atoms with Gasteiger partial charge < -0.3 is 5.32 Å². The second-order valence-electron chi connectivity index (χ2n) is 5.77. The summed E-state index contributed by atoms with van der Waals surface area (Å²) in [5.41, 5.74) is 4.40. The Morgan fingerprint density at radius 3 is 2.52 bits per heavy atom. The van der Waals surface area contributed by atoms with Crippen molar-refractivity contribution in [3.05, 3.63) is 63.6 Å². The Hall–Kier alpha value is -1.65. The van der Waals surface area contributed by atoms with Crippen molar-refractivity contribution in [3.63, 3.8) is 0 Å². The van der Waals surface area contributed by atoms with E-state index in [1.165, 1.54) is 11.1 Å². The number of nitrogens with zero attached hydrogens (tertiary/aromatic N) is 1. The number of para-hydroxylation sites is 1. The molecule has 0 bridgehead atoms. The highest BCUT2D eigenvalue weighted by molar-refractivity contribution is 9.10. The molecule has 3 nitrogen and oxygen atoms in total. The molecule has 2 rings (SSSR count). The second-order valence-corrected chi connectivity index (χ2v) is 6.63. The van der Waals surface area contributed by atoms with E-state index in [4.69, 9.17) is 0 Å². The Morgan fingerprint density at radius 2 is 1.83 bits per heavy atom. The first-order valence-corrected chi connectivity index (χ1v) is 8.60. The van der Waals surface area contributed by atoms with E-state index in [-0.39, 0.29) is 5.91 Å². The lowest BCUT2D eigenvalue weighted by atomic mass is 10.1. The Labute approximate surface area is 146 Å². The molecule has 0 saturated heterocycles. The fraction of sp³-hybridized carbons (Fsp3) is 0.316. The van der Waals surface area contributed by atoms with Gasteiger partial charge in [-0.3, -0.25) is 9.69 Å². The number of likely N-dealkylation sites (N-methyl/N-ethyl adjacent to an activating group) is 1. The summed E-state index contributed by atoms with van der Waals surface area (Å²) in [7, 11) is 1.96. The predicted molar refractivity (Wildman–Crippen MR) is 99.7 cm³/mol.